The monoisotopic (exact) mass is 199 g/mol. The predicted molar refractivity (Wildman–Crippen MR) is 48.5 cm³/mol. The highest BCUT2D eigenvalue weighted by atomic mass is 16.5. The van der Waals surface area contributed by atoms with E-state index in [1.165, 1.54) is 4.90 Å². The Bertz CT molecular complexity index is 295. The molecular formula is C9H13NO4. The first-order valence-corrected chi connectivity index (χ1v) is 4.42. The zero-order chi connectivity index (χ0) is 10.7. The van der Waals surface area contributed by atoms with Gasteiger partial charge in [-0.2, -0.15) is 0 Å². The molecule has 0 aromatic heterocycles. The number of aliphatic hydroxyl groups excluding tert-OH is 1. The number of nitrogens with zero attached hydrogens (tertiary/aromatic N) is 1. The SMILES string of the molecule is CCOC(=O)/C(O)=C1\CCN(C)C1=O. The van der Waals surface area contributed by atoms with E-state index < -0.39 is 11.7 Å². The minimum Gasteiger partial charge on any atom is -0.501 e. The standard InChI is InChI=1S/C9H13NO4/c1-3-14-9(13)7(11)6-4-5-10(2)8(6)12/h11H,3-5H2,1-2H3/b7-6-. The lowest BCUT2D eigenvalue weighted by Crippen LogP contribution is -2.21. The average Bonchev–Trinajstić information content (AvgIpc) is 2.47. The number of esters is 1. The van der Waals surface area contributed by atoms with Crippen molar-refractivity contribution in [2.24, 2.45) is 0 Å². The summed E-state index contributed by atoms with van der Waals surface area (Å²) in [6.07, 6.45) is 0.389. The summed E-state index contributed by atoms with van der Waals surface area (Å²) in [5.41, 5.74) is 0.144. The van der Waals surface area contributed by atoms with Crippen molar-refractivity contribution >= 4 is 11.9 Å². The van der Waals surface area contributed by atoms with E-state index in [1.54, 1.807) is 14.0 Å². The quantitative estimate of drug-likeness (QED) is 0.392. The number of amides is 1. The van der Waals surface area contributed by atoms with Crippen molar-refractivity contribution < 1.29 is 19.4 Å². The molecule has 1 N–H and O–H groups in total. The topological polar surface area (TPSA) is 66.8 Å². The Morgan fingerprint density at radius 2 is 2.29 bits per heavy atom. The Balaban J connectivity index is 2.84. The van der Waals surface area contributed by atoms with Gasteiger partial charge in [-0.15, -0.1) is 0 Å². The summed E-state index contributed by atoms with van der Waals surface area (Å²) in [6, 6.07) is 0. The second kappa shape index (κ2) is 4.13. The van der Waals surface area contributed by atoms with Crippen molar-refractivity contribution in [3.63, 3.8) is 0 Å². The number of carbonyl (C=O) groups is 2. The number of hydrogen-bond acceptors (Lipinski definition) is 4. The summed E-state index contributed by atoms with van der Waals surface area (Å²) in [7, 11) is 1.62. The van der Waals surface area contributed by atoms with Gasteiger partial charge in [0.05, 0.1) is 12.2 Å². The van der Waals surface area contributed by atoms with Crippen LogP contribution in [-0.4, -0.2) is 42.1 Å². The lowest BCUT2D eigenvalue weighted by Gasteiger charge is -2.05. The van der Waals surface area contributed by atoms with Crippen LogP contribution in [0.5, 0.6) is 0 Å². The molecule has 0 aromatic rings. The largest absolute Gasteiger partial charge is 0.501 e. The Morgan fingerprint density at radius 3 is 2.71 bits per heavy atom. The second-order valence-corrected chi connectivity index (χ2v) is 3.02. The molecule has 78 valence electrons. The normalized spacial score (nSPS) is 19.9. The fourth-order valence-corrected chi connectivity index (χ4v) is 1.26. The molecule has 1 rings (SSSR count). The zero-order valence-corrected chi connectivity index (χ0v) is 8.24. The number of rotatable bonds is 2. The maximum absolute atomic E-state index is 11.4. The molecule has 0 saturated carbocycles. The van der Waals surface area contributed by atoms with E-state index in [0.717, 1.165) is 0 Å². The molecule has 1 amide bonds. The zero-order valence-electron chi connectivity index (χ0n) is 8.24. The first-order chi connectivity index (χ1) is 6.57. The van der Waals surface area contributed by atoms with E-state index in [9.17, 15) is 14.7 Å². The Morgan fingerprint density at radius 1 is 1.64 bits per heavy atom. The molecule has 5 nitrogen and oxygen atoms in total. The highest BCUT2D eigenvalue weighted by Crippen LogP contribution is 2.18. The van der Waals surface area contributed by atoms with Gasteiger partial charge in [0.15, 0.2) is 0 Å². The molecule has 0 aromatic carbocycles. The van der Waals surface area contributed by atoms with Crippen LogP contribution in [0.3, 0.4) is 0 Å². The molecule has 1 fully saturated rings. The number of likely N-dealkylation sites (tertiary alicyclic amines) is 1. The fourth-order valence-electron chi connectivity index (χ4n) is 1.26. The van der Waals surface area contributed by atoms with Crippen LogP contribution in [-0.2, 0) is 14.3 Å². The van der Waals surface area contributed by atoms with Crippen LogP contribution < -0.4 is 0 Å². The lowest BCUT2D eigenvalue weighted by molar-refractivity contribution is -0.142. The second-order valence-electron chi connectivity index (χ2n) is 3.02. The van der Waals surface area contributed by atoms with Crippen molar-refractivity contribution in [1.29, 1.82) is 0 Å². The Hall–Kier alpha value is -1.52. The molecule has 5 heteroatoms. The smallest absolute Gasteiger partial charge is 0.373 e. The van der Waals surface area contributed by atoms with Gasteiger partial charge >= 0.3 is 5.97 Å². The van der Waals surface area contributed by atoms with Gasteiger partial charge in [0, 0.05) is 13.6 Å². The Labute approximate surface area is 82.0 Å². The van der Waals surface area contributed by atoms with Gasteiger partial charge in [0.2, 0.25) is 5.76 Å². The van der Waals surface area contributed by atoms with Crippen LogP contribution in [0.4, 0.5) is 0 Å². The minimum atomic E-state index is -0.828. The first kappa shape index (κ1) is 10.6. The lowest BCUT2D eigenvalue weighted by atomic mass is 10.2. The summed E-state index contributed by atoms with van der Waals surface area (Å²) in [5, 5.41) is 9.39. The molecule has 14 heavy (non-hydrogen) atoms. The van der Waals surface area contributed by atoms with Gasteiger partial charge in [0.1, 0.15) is 0 Å². The highest BCUT2D eigenvalue weighted by Gasteiger charge is 2.29. The third kappa shape index (κ3) is 1.86. The van der Waals surface area contributed by atoms with E-state index in [4.69, 9.17) is 0 Å². The van der Waals surface area contributed by atoms with Crippen molar-refractivity contribution in [3.8, 4) is 0 Å². The molecule has 1 saturated heterocycles. The van der Waals surface area contributed by atoms with Crippen molar-refractivity contribution in [1.82, 2.24) is 4.90 Å². The van der Waals surface area contributed by atoms with Crippen LogP contribution in [0.15, 0.2) is 11.3 Å². The van der Waals surface area contributed by atoms with Crippen LogP contribution in [0.2, 0.25) is 0 Å². The highest BCUT2D eigenvalue weighted by molar-refractivity contribution is 6.02. The van der Waals surface area contributed by atoms with Crippen molar-refractivity contribution in [3.05, 3.63) is 11.3 Å². The molecule has 0 spiro atoms. The fraction of sp³-hybridized carbons (Fsp3) is 0.556. The summed E-state index contributed by atoms with van der Waals surface area (Å²) < 4.78 is 4.58. The number of aliphatic hydroxyl groups is 1. The third-order valence-electron chi connectivity index (χ3n) is 2.06. The molecule has 1 aliphatic rings. The summed E-state index contributed by atoms with van der Waals surface area (Å²) in [5.74, 6) is -1.69. The van der Waals surface area contributed by atoms with Gasteiger partial charge in [0.25, 0.3) is 5.91 Å². The number of likely N-dealkylation sites (N-methyl/N-ethyl adjacent to an activating group) is 1. The maximum atomic E-state index is 11.4. The van der Waals surface area contributed by atoms with Gasteiger partial charge in [-0.1, -0.05) is 0 Å². The van der Waals surface area contributed by atoms with Gasteiger partial charge < -0.3 is 14.7 Å². The predicted octanol–water partition coefficient (Wildman–Crippen LogP) is 0.224. The number of carbonyl (C=O) groups excluding carboxylic acids is 2. The number of hydrogen-bond donors (Lipinski definition) is 1. The molecule has 0 aliphatic carbocycles. The summed E-state index contributed by atoms with van der Waals surface area (Å²) >= 11 is 0. The molecule has 0 atom stereocenters. The van der Waals surface area contributed by atoms with Crippen LogP contribution in [0, 0.1) is 0 Å². The van der Waals surface area contributed by atoms with Crippen LogP contribution in [0.25, 0.3) is 0 Å². The Kier molecular flexibility index (Phi) is 3.11. The number of ether oxygens (including phenoxy) is 1. The van der Waals surface area contributed by atoms with E-state index in [-0.39, 0.29) is 18.1 Å². The average molecular weight is 199 g/mol. The third-order valence-corrected chi connectivity index (χ3v) is 2.06. The molecule has 1 aliphatic heterocycles. The first-order valence-electron chi connectivity index (χ1n) is 4.42. The molecule has 0 bridgehead atoms. The van der Waals surface area contributed by atoms with E-state index in [0.29, 0.717) is 13.0 Å². The minimum absolute atomic E-state index is 0.144. The van der Waals surface area contributed by atoms with Crippen LogP contribution in [0.1, 0.15) is 13.3 Å². The molecule has 1 heterocycles. The molecule has 0 unspecified atom stereocenters. The van der Waals surface area contributed by atoms with Crippen molar-refractivity contribution in [2.75, 3.05) is 20.2 Å². The van der Waals surface area contributed by atoms with Gasteiger partial charge in [-0.25, -0.2) is 4.79 Å². The van der Waals surface area contributed by atoms with E-state index >= 15 is 0 Å². The van der Waals surface area contributed by atoms with Gasteiger partial charge in [-0.05, 0) is 13.3 Å². The van der Waals surface area contributed by atoms with Gasteiger partial charge in [-0.3, -0.25) is 4.79 Å². The van der Waals surface area contributed by atoms with E-state index in [2.05, 4.69) is 4.74 Å². The summed E-state index contributed by atoms with van der Waals surface area (Å²) in [6.45, 7) is 2.34. The summed E-state index contributed by atoms with van der Waals surface area (Å²) in [4.78, 5) is 23.9. The van der Waals surface area contributed by atoms with Crippen molar-refractivity contribution in [2.45, 2.75) is 13.3 Å². The molecular weight excluding hydrogens is 186 g/mol. The molecule has 0 radical (unpaired) electrons. The van der Waals surface area contributed by atoms with E-state index in [1.807, 2.05) is 0 Å². The van der Waals surface area contributed by atoms with Crippen LogP contribution >= 0.6 is 0 Å². The maximum Gasteiger partial charge on any atom is 0.373 e.